The summed E-state index contributed by atoms with van der Waals surface area (Å²) in [6.07, 6.45) is 9.25. The van der Waals surface area contributed by atoms with Crippen molar-refractivity contribution in [2.75, 3.05) is 12.4 Å². The molecular formula is C28H31N7O. The fourth-order valence-electron chi connectivity index (χ4n) is 4.54. The number of nitrogens with one attached hydrogen (secondary N) is 2. The lowest BCUT2D eigenvalue weighted by atomic mass is 9.92. The number of pyridine rings is 1. The Morgan fingerprint density at radius 2 is 2.06 bits per heavy atom. The number of carbonyl (C=O) groups excluding carboxylic acids is 1. The number of allylic oxidation sites excluding steroid dienone is 1. The number of hydrogen-bond donors (Lipinski definition) is 3. The first-order valence-corrected chi connectivity index (χ1v) is 11.8. The van der Waals surface area contributed by atoms with Crippen molar-refractivity contribution in [3.05, 3.63) is 72.3 Å². The van der Waals surface area contributed by atoms with Crippen LogP contribution >= 0.6 is 0 Å². The molecule has 36 heavy (non-hydrogen) atoms. The summed E-state index contributed by atoms with van der Waals surface area (Å²) < 4.78 is 1.77. The molecule has 1 amide bonds. The lowest BCUT2D eigenvalue weighted by Crippen LogP contribution is -2.08. The summed E-state index contributed by atoms with van der Waals surface area (Å²) in [7, 11) is 3.66. The van der Waals surface area contributed by atoms with Gasteiger partial charge in [0.05, 0.1) is 11.9 Å². The van der Waals surface area contributed by atoms with E-state index in [1.54, 1.807) is 17.9 Å². The molecule has 0 spiro atoms. The molecule has 8 nitrogen and oxygen atoms in total. The Hall–Kier alpha value is -4.46. The van der Waals surface area contributed by atoms with E-state index < -0.39 is 0 Å². The summed E-state index contributed by atoms with van der Waals surface area (Å²) in [4.78, 5) is 24.8. The highest BCUT2D eigenvalue weighted by atomic mass is 16.1. The Balaban J connectivity index is 2.05. The predicted octanol–water partition coefficient (Wildman–Crippen LogP) is 5.15. The maximum Gasteiger partial charge on any atom is 0.247 e. The highest BCUT2D eigenvalue weighted by Crippen LogP contribution is 2.41. The topological polar surface area (TPSA) is 114 Å². The number of rotatable bonds is 7. The molecule has 3 aromatic heterocycles. The van der Waals surface area contributed by atoms with Gasteiger partial charge in [0, 0.05) is 71.7 Å². The van der Waals surface area contributed by atoms with Crippen molar-refractivity contribution < 1.29 is 4.79 Å². The zero-order valence-corrected chi connectivity index (χ0v) is 21.3. The fraction of sp³-hybridized carbons (Fsp3) is 0.214. The van der Waals surface area contributed by atoms with Gasteiger partial charge in [0.1, 0.15) is 5.65 Å². The average Bonchev–Trinajstić information content (AvgIpc) is 3.48. The highest BCUT2D eigenvalue weighted by molar-refractivity contribution is 6.24. The molecule has 0 fully saturated rings. The zero-order valence-electron chi connectivity index (χ0n) is 21.3. The molecule has 0 aliphatic carbocycles. The van der Waals surface area contributed by atoms with Crippen LogP contribution in [0, 0.1) is 13.8 Å². The Labute approximate surface area is 210 Å². The van der Waals surface area contributed by atoms with Crippen molar-refractivity contribution in [2.45, 2.75) is 27.2 Å². The minimum atomic E-state index is -0.259. The van der Waals surface area contributed by atoms with E-state index in [9.17, 15) is 4.79 Å². The van der Waals surface area contributed by atoms with Gasteiger partial charge in [-0.3, -0.25) is 14.5 Å². The van der Waals surface area contributed by atoms with Gasteiger partial charge < -0.3 is 16.0 Å². The Morgan fingerprint density at radius 1 is 1.28 bits per heavy atom. The molecular weight excluding hydrogens is 450 g/mol. The number of fused-ring (bicyclic) bond motifs is 1. The number of aliphatic imine (C=N–C) groups is 1. The number of carbonyl (C=O) groups is 1. The van der Waals surface area contributed by atoms with Crippen LogP contribution in [0.15, 0.2) is 60.6 Å². The lowest BCUT2D eigenvalue weighted by Gasteiger charge is -2.14. The first kappa shape index (κ1) is 24.7. The van der Waals surface area contributed by atoms with E-state index in [4.69, 9.17) is 10.7 Å². The van der Waals surface area contributed by atoms with Crippen LogP contribution in [-0.4, -0.2) is 38.4 Å². The van der Waals surface area contributed by atoms with Crippen molar-refractivity contribution >= 4 is 33.9 Å². The van der Waals surface area contributed by atoms with Crippen LogP contribution < -0.4 is 11.1 Å². The molecule has 0 saturated carbocycles. The Kier molecular flexibility index (Phi) is 6.87. The number of hydrogen-bond acceptors (Lipinski definition) is 5. The molecule has 0 atom stereocenters. The predicted molar refractivity (Wildman–Crippen MR) is 148 cm³/mol. The van der Waals surface area contributed by atoms with Crippen LogP contribution in [0.25, 0.3) is 39.0 Å². The molecule has 3 heterocycles. The number of benzene rings is 1. The van der Waals surface area contributed by atoms with E-state index in [0.717, 1.165) is 73.5 Å². The minimum absolute atomic E-state index is 0.259. The van der Waals surface area contributed by atoms with Gasteiger partial charge in [0.25, 0.3) is 0 Å². The first-order valence-electron chi connectivity index (χ1n) is 11.8. The number of H-pyrrole nitrogens is 1. The Bertz CT molecular complexity index is 1540. The van der Waals surface area contributed by atoms with E-state index in [1.165, 1.54) is 6.08 Å². The third-order valence-electron chi connectivity index (χ3n) is 6.42. The third kappa shape index (κ3) is 4.33. The SMILES string of the molecule is C=CC(=O)Nc1cc(-c2c(-c3cnn(C)c3)[nH]c3ncc(/C(=C/N)C(CC)=NC)c(C)c23)ccc1C. The van der Waals surface area contributed by atoms with E-state index in [0.29, 0.717) is 0 Å². The van der Waals surface area contributed by atoms with Crippen molar-refractivity contribution in [3.8, 4) is 22.4 Å². The normalized spacial score (nSPS) is 12.2. The second-order valence-corrected chi connectivity index (χ2v) is 8.63. The number of amides is 1. The van der Waals surface area contributed by atoms with Crippen LogP contribution in [0.4, 0.5) is 5.69 Å². The number of aromatic amines is 1. The molecule has 1 aromatic carbocycles. The summed E-state index contributed by atoms with van der Waals surface area (Å²) in [5.74, 6) is -0.259. The van der Waals surface area contributed by atoms with Crippen molar-refractivity contribution in [3.63, 3.8) is 0 Å². The van der Waals surface area contributed by atoms with Gasteiger partial charge in [-0.15, -0.1) is 0 Å². The molecule has 8 heteroatoms. The van der Waals surface area contributed by atoms with Crippen molar-refractivity contribution in [2.24, 2.45) is 17.8 Å². The summed E-state index contributed by atoms with van der Waals surface area (Å²) in [5, 5.41) is 8.26. The molecule has 0 radical (unpaired) electrons. The van der Waals surface area contributed by atoms with Gasteiger partial charge in [-0.2, -0.15) is 5.10 Å². The third-order valence-corrected chi connectivity index (χ3v) is 6.42. The van der Waals surface area contributed by atoms with Gasteiger partial charge in [0.2, 0.25) is 5.91 Å². The molecule has 0 aliphatic rings. The van der Waals surface area contributed by atoms with Crippen LogP contribution in [0.2, 0.25) is 0 Å². The fourth-order valence-corrected chi connectivity index (χ4v) is 4.54. The largest absolute Gasteiger partial charge is 0.404 e. The number of anilines is 1. The molecule has 184 valence electrons. The van der Waals surface area contributed by atoms with E-state index in [-0.39, 0.29) is 5.91 Å². The molecule has 0 unspecified atom stereocenters. The Morgan fingerprint density at radius 3 is 2.67 bits per heavy atom. The molecule has 4 aromatic rings. The van der Waals surface area contributed by atoms with E-state index in [1.807, 2.05) is 44.7 Å². The second kappa shape index (κ2) is 10.0. The number of nitrogens with zero attached hydrogens (tertiary/aromatic N) is 4. The monoisotopic (exact) mass is 481 g/mol. The van der Waals surface area contributed by atoms with E-state index in [2.05, 4.69) is 46.9 Å². The maximum absolute atomic E-state index is 12.1. The quantitative estimate of drug-likeness (QED) is 0.250. The van der Waals surface area contributed by atoms with Gasteiger partial charge in [0.15, 0.2) is 0 Å². The molecule has 0 bridgehead atoms. The van der Waals surface area contributed by atoms with Gasteiger partial charge >= 0.3 is 0 Å². The second-order valence-electron chi connectivity index (χ2n) is 8.63. The number of aromatic nitrogens is 4. The summed E-state index contributed by atoms with van der Waals surface area (Å²) >= 11 is 0. The highest BCUT2D eigenvalue weighted by Gasteiger charge is 2.22. The molecule has 4 rings (SSSR count). The van der Waals surface area contributed by atoms with E-state index >= 15 is 0 Å². The van der Waals surface area contributed by atoms with Gasteiger partial charge in [-0.1, -0.05) is 25.6 Å². The standard InChI is InChI=1S/C28H31N7O/c1-7-22(30-5)20(12-29)21-14-31-28-25(17(21)4)26(27(34-28)19-13-32-35(6)15-19)18-10-9-16(3)23(11-18)33-24(36)8-2/h8-15H,2,7,29H2,1,3-6H3,(H,31,34)(H,33,36)/b20-12-,30-22?. The summed E-state index contributed by atoms with van der Waals surface area (Å²) in [6, 6.07) is 6.03. The zero-order chi connectivity index (χ0) is 26.0. The van der Waals surface area contributed by atoms with Crippen molar-refractivity contribution in [1.29, 1.82) is 0 Å². The smallest absolute Gasteiger partial charge is 0.247 e. The lowest BCUT2D eigenvalue weighted by molar-refractivity contribution is -0.111. The number of nitrogens with two attached hydrogens (primary N) is 1. The summed E-state index contributed by atoms with van der Waals surface area (Å²) in [6.45, 7) is 9.66. The minimum Gasteiger partial charge on any atom is -0.404 e. The molecule has 0 saturated heterocycles. The van der Waals surface area contributed by atoms with Crippen LogP contribution in [0.5, 0.6) is 0 Å². The first-order chi connectivity index (χ1) is 17.3. The van der Waals surface area contributed by atoms with Gasteiger partial charge in [-0.05, 0) is 49.1 Å². The average molecular weight is 482 g/mol. The van der Waals surface area contributed by atoms with Crippen LogP contribution in [0.1, 0.15) is 30.0 Å². The van der Waals surface area contributed by atoms with Crippen LogP contribution in [-0.2, 0) is 11.8 Å². The van der Waals surface area contributed by atoms with Gasteiger partial charge in [-0.25, -0.2) is 4.98 Å². The molecule has 4 N–H and O–H groups in total. The van der Waals surface area contributed by atoms with Crippen molar-refractivity contribution in [1.82, 2.24) is 19.7 Å². The number of aryl methyl sites for hydroxylation is 3. The molecule has 0 aliphatic heterocycles. The summed E-state index contributed by atoms with van der Waals surface area (Å²) in [5.41, 5.74) is 16.0. The van der Waals surface area contributed by atoms with Crippen LogP contribution in [0.3, 0.4) is 0 Å². The maximum atomic E-state index is 12.1.